The van der Waals surface area contributed by atoms with Gasteiger partial charge < -0.3 is 29.7 Å². The summed E-state index contributed by atoms with van der Waals surface area (Å²) in [5, 5.41) is 3.44. The Morgan fingerprint density at radius 2 is 1.83 bits per heavy atom. The summed E-state index contributed by atoms with van der Waals surface area (Å²) in [5.74, 6) is -0.497. The summed E-state index contributed by atoms with van der Waals surface area (Å²) in [6, 6.07) is 9.14. The maximum Gasteiger partial charge on any atom is 0.405 e. The highest BCUT2D eigenvalue weighted by Crippen LogP contribution is 2.39. The fourth-order valence-electron chi connectivity index (χ4n) is 4.11. The first kappa shape index (κ1) is 31.4. The van der Waals surface area contributed by atoms with Gasteiger partial charge in [0.1, 0.15) is 0 Å². The zero-order chi connectivity index (χ0) is 30.6. The number of primary amides is 1. The second-order valence-corrected chi connectivity index (χ2v) is 11.9. The van der Waals surface area contributed by atoms with Crippen molar-refractivity contribution in [3.63, 3.8) is 0 Å². The summed E-state index contributed by atoms with van der Waals surface area (Å²) < 4.78 is 47.9. The fraction of sp³-hybridized carbons (Fsp3) is 0.414. The molecule has 3 aromatic rings. The van der Waals surface area contributed by atoms with Gasteiger partial charge in [-0.25, -0.2) is 9.78 Å². The highest BCUT2D eigenvalue weighted by molar-refractivity contribution is 6.36. The smallest absolute Gasteiger partial charge is 0.405 e. The molecular formula is C29H31Cl2F2N3O6. The molecule has 4 rings (SSSR count). The van der Waals surface area contributed by atoms with E-state index in [1.807, 2.05) is 20.8 Å². The molecule has 0 bridgehead atoms. The van der Waals surface area contributed by atoms with E-state index < -0.39 is 24.7 Å². The third-order valence-electron chi connectivity index (χ3n) is 6.28. The highest BCUT2D eigenvalue weighted by atomic mass is 35.5. The molecule has 226 valence electrons. The predicted molar refractivity (Wildman–Crippen MR) is 152 cm³/mol. The number of hydrogen-bond donors (Lipinski definition) is 2. The summed E-state index contributed by atoms with van der Waals surface area (Å²) in [4.78, 5) is 29.7. The van der Waals surface area contributed by atoms with Crippen molar-refractivity contribution in [1.82, 2.24) is 10.3 Å². The number of carbonyl (C=O) groups excluding carboxylic acids is 2. The van der Waals surface area contributed by atoms with E-state index >= 15 is 0 Å². The number of nitrogens with one attached hydrogen (secondary N) is 1. The van der Waals surface area contributed by atoms with Crippen LogP contribution in [-0.2, 0) is 11.3 Å². The number of oxazole rings is 1. The molecule has 0 spiro atoms. The molecule has 1 fully saturated rings. The zero-order valence-corrected chi connectivity index (χ0v) is 24.7. The average Bonchev–Trinajstić information content (AvgIpc) is 3.61. The lowest BCUT2D eigenvalue weighted by Crippen LogP contribution is -2.27. The molecule has 1 heterocycles. The number of halogens is 4. The van der Waals surface area contributed by atoms with E-state index in [0.717, 1.165) is 12.8 Å². The van der Waals surface area contributed by atoms with Gasteiger partial charge in [0.25, 0.3) is 5.91 Å². The molecule has 0 aliphatic heterocycles. The number of aromatic nitrogens is 1. The minimum Gasteiger partial charge on any atom is -0.489 e. The predicted octanol–water partition coefficient (Wildman–Crippen LogP) is 7.54. The molecule has 1 unspecified atom stereocenters. The quantitative estimate of drug-likeness (QED) is 0.213. The number of ether oxygens (including phenoxy) is 3. The molecule has 1 saturated carbocycles. The normalized spacial score (nSPS) is 14.0. The van der Waals surface area contributed by atoms with Crippen molar-refractivity contribution in [3.05, 3.63) is 63.5 Å². The van der Waals surface area contributed by atoms with E-state index in [1.54, 1.807) is 18.2 Å². The average molecular weight is 626 g/mol. The monoisotopic (exact) mass is 625 g/mol. The van der Waals surface area contributed by atoms with Gasteiger partial charge in [0.15, 0.2) is 29.1 Å². The maximum absolute atomic E-state index is 13.5. The lowest BCUT2D eigenvalue weighted by molar-refractivity contribution is -0.0515. The third kappa shape index (κ3) is 8.48. The molecule has 13 heteroatoms. The number of nitrogens with zero attached hydrogens (tertiary/aromatic N) is 1. The number of amides is 2. The van der Waals surface area contributed by atoms with Crippen LogP contribution in [0.25, 0.3) is 11.5 Å². The Bertz CT molecular complexity index is 1420. The lowest BCUT2D eigenvalue weighted by Gasteiger charge is -2.24. The van der Waals surface area contributed by atoms with Crippen molar-refractivity contribution in [2.75, 3.05) is 6.61 Å². The van der Waals surface area contributed by atoms with Crippen LogP contribution < -0.4 is 20.5 Å². The van der Waals surface area contributed by atoms with Crippen LogP contribution in [0.2, 0.25) is 10.0 Å². The van der Waals surface area contributed by atoms with Crippen molar-refractivity contribution >= 4 is 35.2 Å². The van der Waals surface area contributed by atoms with Crippen LogP contribution in [0.5, 0.6) is 11.5 Å². The topological polar surface area (TPSA) is 126 Å². The number of alkyl halides is 2. The van der Waals surface area contributed by atoms with Crippen LogP contribution in [-0.4, -0.2) is 30.2 Å². The number of carbonyl (C=O) groups is 2. The Kier molecular flexibility index (Phi) is 9.83. The number of rotatable bonds is 12. The van der Waals surface area contributed by atoms with E-state index in [1.165, 1.54) is 18.2 Å². The standard InChI is InChI=1S/C29H31Cl2F2N3O6/c1-29(2,3)12-22(41-28(34)38)24-23(25(37)35-13-17-18(30)5-4-6-19(17)31)36-26(42-24)16-9-10-20(40-27(32)33)21(11-16)39-14-15-7-8-15/h4-6,9-11,15,22,27H,7-8,12-14H2,1-3H3,(H2,34,38)(H,35,37). The molecule has 2 aromatic carbocycles. The van der Waals surface area contributed by atoms with Crippen LogP contribution in [0.1, 0.15) is 67.9 Å². The molecule has 2 amide bonds. The zero-order valence-electron chi connectivity index (χ0n) is 23.2. The van der Waals surface area contributed by atoms with E-state index in [9.17, 15) is 18.4 Å². The summed E-state index contributed by atoms with van der Waals surface area (Å²) >= 11 is 12.5. The van der Waals surface area contributed by atoms with Gasteiger partial charge in [-0.3, -0.25) is 4.79 Å². The van der Waals surface area contributed by atoms with E-state index in [4.69, 9.17) is 42.8 Å². The Hall–Kier alpha value is -3.57. The van der Waals surface area contributed by atoms with Gasteiger partial charge in [-0.2, -0.15) is 8.78 Å². The molecule has 1 aliphatic rings. The SMILES string of the molecule is CC(C)(C)CC(OC(N)=O)c1oc(-c2ccc(OC(F)F)c(OCC3CC3)c2)nc1C(=O)NCc1c(Cl)cccc1Cl. The van der Waals surface area contributed by atoms with Crippen LogP contribution in [0.4, 0.5) is 13.6 Å². The second-order valence-electron chi connectivity index (χ2n) is 11.1. The van der Waals surface area contributed by atoms with E-state index in [0.29, 0.717) is 33.7 Å². The molecule has 0 saturated heterocycles. The van der Waals surface area contributed by atoms with E-state index in [2.05, 4.69) is 15.0 Å². The van der Waals surface area contributed by atoms with Gasteiger partial charge in [0.2, 0.25) is 5.89 Å². The van der Waals surface area contributed by atoms with Crippen molar-refractivity contribution in [2.45, 2.75) is 59.3 Å². The molecule has 1 aromatic heterocycles. The number of benzene rings is 2. The summed E-state index contributed by atoms with van der Waals surface area (Å²) in [6.07, 6.45) is 0.0700. The van der Waals surface area contributed by atoms with Gasteiger partial charge >= 0.3 is 12.7 Å². The number of nitrogens with two attached hydrogens (primary N) is 1. The first-order valence-electron chi connectivity index (χ1n) is 13.2. The minimum atomic E-state index is -3.06. The summed E-state index contributed by atoms with van der Waals surface area (Å²) in [6.45, 7) is 2.97. The Morgan fingerprint density at radius 1 is 1.14 bits per heavy atom. The van der Waals surface area contributed by atoms with Crippen LogP contribution >= 0.6 is 23.2 Å². The largest absolute Gasteiger partial charge is 0.489 e. The molecule has 3 N–H and O–H groups in total. The Morgan fingerprint density at radius 3 is 2.43 bits per heavy atom. The third-order valence-corrected chi connectivity index (χ3v) is 6.99. The highest BCUT2D eigenvalue weighted by Gasteiger charge is 2.33. The van der Waals surface area contributed by atoms with E-state index in [-0.39, 0.29) is 47.2 Å². The molecule has 42 heavy (non-hydrogen) atoms. The first-order valence-corrected chi connectivity index (χ1v) is 14.0. The molecule has 1 aliphatic carbocycles. The molecular weight excluding hydrogens is 595 g/mol. The van der Waals surface area contributed by atoms with Crippen LogP contribution in [0.15, 0.2) is 40.8 Å². The number of hydrogen-bond acceptors (Lipinski definition) is 7. The van der Waals surface area contributed by atoms with Crippen molar-refractivity contribution in [3.8, 4) is 23.0 Å². The lowest BCUT2D eigenvalue weighted by atomic mass is 9.88. The second kappa shape index (κ2) is 13.2. The van der Waals surface area contributed by atoms with Gasteiger partial charge in [-0.15, -0.1) is 0 Å². The van der Waals surface area contributed by atoms with Crippen molar-refractivity contribution in [1.29, 1.82) is 0 Å². The van der Waals surface area contributed by atoms with Crippen molar-refractivity contribution in [2.24, 2.45) is 17.1 Å². The van der Waals surface area contributed by atoms with Gasteiger partial charge in [0, 0.05) is 27.7 Å². The Labute approximate surface area is 251 Å². The molecule has 9 nitrogen and oxygen atoms in total. The summed E-state index contributed by atoms with van der Waals surface area (Å²) in [5.41, 5.74) is 5.60. The molecule has 0 radical (unpaired) electrons. The fourth-order valence-corrected chi connectivity index (χ4v) is 4.64. The van der Waals surface area contributed by atoms with Crippen LogP contribution in [0, 0.1) is 11.3 Å². The maximum atomic E-state index is 13.5. The van der Waals surface area contributed by atoms with Crippen LogP contribution in [0.3, 0.4) is 0 Å². The van der Waals surface area contributed by atoms with Crippen molar-refractivity contribution < 1.29 is 37.0 Å². The minimum absolute atomic E-state index is 0.0294. The van der Waals surface area contributed by atoms with Gasteiger partial charge in [-0.1, -0.05) is 50.0 Å². The van der Waals surface area contributed by atoms with Gasteiger partial charge in [0.05, 0.1) is 6.61 Å². The first-order chi connectivity index (χ1) is 19.8. The Balaban J connectivity index is 1.73. The molecule has 1 atom stereocenters. The summed E-state index contributed by atoms with van der Waals surface area (Å²) in [7, 11) is 0. The van der Waals surface area contributed by atoms with Gasteiger partial charge in [-0.05, 0) is 60.9 Å².